The van der Waals surface area contributed by atoms with Gasteiger partial charge in [-0.25, -0.2) is 0 Å². The summed E-state index contributed by atoms with van der Waals surface area (Å²) in [5.74, 6) is 5.36. The predicted octanol–water partition coefficient (Wildman–Crippen LogP) is 13.4. The van der Waals surface area contributed by atoms with Crippen LogP contribution in [0.1, 0.15) is 184 Å². The van der Waals surface area contributed by atoms with Crippen LogP contribution in [0.15, 0.2) is 23.8 Å². The van der Waals surface area contributed by atoms with Crippen LogP contribution < -0.4 is 0 Å². The molecule has 0 aromatic carbocycles. The fourth-order valence-corrected chi connectivity index (χ4v) is 6.38. The molecule has 0 heterocycles. The van der Waals surface area contributed by atoms with Crippen molar-refractivity contribution >= 4 is 0 Å². The molecule has 0 aromatic rings. The number of hydrogen-bond acceptors (Lipinski definition) is 1. The van der Waals surface area contributed by atoms with Crippen molar-refractivity contribution in [3.05, 3.63) is 23.8 Å². The van der Waals surface area contributed by atoms with Gasteiger partial charge in [-0.3, -0.25) is 0 Å². The number of hydrogen-bond donors (Lipinski definition) is 1. The molecule has 0 saturated heterocycles. The highest BCUT2D eigenvalue weighted by atomic mass is 16.3. The van der Waals surface area contributed by atoms with E-state index in [9.17, 15) is 5.11 Å². The van der Waals surface area contributed by atoms with Crippen LogP contribution in [0.2, 0.25) is 0 Å². The molecular weight excluding hydrogens is 496 g/mol. The predicted molar refractivity (Wildman–Crippen MR) is 188 cm³/mol. The van der Waals surface area contributed by atoms with Gasteiger partial charge in [-0.1, -0.05) is 169 Å². The molecule has 5 atom stereocenters. The standard InChI is InChI=1S/C40H78O/c1-32(2)17-11-19-34(5)21-13-22-36(7)23-14-24-37(8)27-16-28-39(10)40(31-41)30-29-38(9)26-15-25-35(6)20-12-18-33(3)4/h29,32-37,40-41H,10-28,30-31H2,1-9H3/b38-29+/t34-,35+,36-,37-,40-/m0/s1. The fraction of sp³-hybridized carbons (Fsp3) is 0.900. The summed E-state index contributed by atoms with van der Waals surface area (Å²) in [6.07, 6.45) is 27.5. The molecule has 0 saturated carbocycles. The lowest BCUT2D eigenvalue weighted by Crippen LogP contribution is -2.09. The summed E-state index contributed by atoms with van der Waals surface area (Å²) in [6, 6.07) is 0. The molecule has 1 heteroatoms. The Morgan fingerprint density at radius 3 is 1.24 bits per heavy atom. The second kappa shape index (κ2) is 25.9. The quantitative estimate of drug-likeness (QED) is 0.0921. The third kappa shape index (κ3) is 25.6. The summed E-state index contributed by atoms with van der Waals surface area (Å²) in [5, 5.41) is 10.0. The molecular formula is C40H78O. The normalized spacial score (nSPS) is 16.2. The zero-order valence-corrected chi connectivity index (χ0v) is 29.9. The maximum absolute atomic E-state index is 10.0. The largest absolute Gasteiger partial charge is 0.396 e. The van der Waals surface area contributed by atoms with Gasteiger partial charge in [0.05, 0.1) is 0 Å². The molecule has 0 unspecified atom stereocenters. The summed E-state index contributed by atoms with van der Waals surface area (Å²) in [7, 11) is 0. The van der Waals surface area contributed by atoms with Crippen LogP contribution in [0.4, 0.5) is 0 Å². The maximum atomic E-state index is 10.0. The van der Waals surface area contributed by atoms with Crippen LogP contribution in [0.5, 0.6) is 0 Å². The minimum absolute atomic E-state index is 0.231. The van der Waals surface area contributed by atoms with Crippen molar-refractivity contribution in [1.82, 2.24) is 0 Å². The molecule has 0 fully saturated rings. The van der Waals surface area contributed by atoms with Crippen LogP contribution in [0.3, 0.4) is 0 Å². The molecule has 0 aliphatic heterocycles. The topological polar surface area (TPSA) is 20.2 Å². The molecule has 0 spiro atoms. The third-order valence-electron chi connectivity index (χ3n) is 9.76. The molecule has 1 N–H and O–H groups in total. The van der Waals surface area contributed by atoms with Gasteiger partial charge in [-0.15, -0.1) is 0 Å². The smallest absolute Gasteiger partial charge is 0.0499 e. The van der Waals surface area contributed by atoms with Crippen molar-refractivity contribution in [1.29, 1.82) is 0 Å². The van der Waals surface area contributed by atoms with Crippen LogP contribution in [-0.4, -0.2) is 11.7 Å². The lowest BCUT2D eigenvalue weighted by molar-refractivity contribution is 0.244. The first-order valence-electron chi connectivity index (χ1n) is 18.4. The second-order valence-electron chi connectivity index (χ2n) is 15.5. The van der Waals surface area contributed by atoms with Gasteiger partial charge in [0.15, 0.2) is 0 Å². The lowest BCUT2D eigenvalue weighted by Gasteiger charge is -2.18. The van der Waals surface area contributed by atoms with Crippen molar-refractivity contribution in [3.8, 4) is 0 Å². The second-order valence-corrected chi connectivity index (χ2v) is 15.5. The maximum Gasteiger partial charge on any atom is 0.0499 e. The number of aliphatic hydroxyl groups is 1. The number of rotatable bonds is 28. The van der Waals surface area contributed by atoms with Gasteiger partial charge < -0.3 is 5.11 Å². The van der Waals surface area contributed by atoms with Crippen molar-refractivity contribution in [2.45, 2.75) is 184 Å². The van der Waals surface area contributed by atoms with Crippen molar-refractivity contribution in [2.75, 3.05) is 6.61 Å². The third-order valence-corrected chi connectivity index (χ3v) is 9.76. The molecule has 0 bridgehead atoms. The summed E-state index contributed by atoms with van der Waals surface area (Å²) in [4.78, 5) is 0. The Bertz CT molecular complexity index is 629. The summed E-state index contributed by atoms with van der Waals surface area (Å²) >= 11 is 0. The van der Waals surface area contributed by atoms with Crippen LogP contribution in [-0.2, 0) is 0 Å². The molecule has 1 nitrogen and oxygen atoms in total. The SMILES string of the molecule is C=C(CCC[C@@H](C)CCC[C@@H](C)CCC[C@@H](C)CCCC(C)C)[C@H](CO)C/C=C(\C)CCC[C@H](C)CCCC(C)C. The summed E-state index contributed by atoms with van der Waals surface area (Å²) in [6.45, 7) is 26.0. The Labute approximate surface area is 260 Å². The number of aliphatic hydroxyl groups excluding tert-OH is 1. The minimum Gasteiger partial charge on any atom is -0.396 e. The van der Waals surface area contributed by atoms with Crippen molar-refractivity contribution in [2.24, 2.45) is 41.4 Å². The molecule has 0 aliphatic carbocycles. The Morgan fingerprint density at radius 1 is 0.537 bits per heavy atom. The Kier molecular flexibility index (Phi) is 25.5. The highest BCUT2D eigenvalue weighted by Crippen LogP contribution is 2.26. The van der Waals surface area contributed by atoms with E-state index >= 15 is 0 Å². The zero-order chi connectivity index (χ0) is 31.0. The van der Waals surface area contributed by atoms with Gasteiger partial charge >= 0.3 is 0 Å². The molecule has 0 radical (unpaired) electrons. The van der Waals surface area contributed by atoms with Crippen LogP contribution in [0.25, 0.3) is 0 Å². The Balaban J connectivity index is 4.01. The first kappa shape index (κ1) is 40.4. The Morgan fingerprint density at radius 2 is 0.878 bits per heavy atom. The van der Waals surface area contributed by atoms with E-state index in [4.69, 9.17) is 0 Å². The number of allylic oxidation sites excluding steroid dienone is 2. The van der Waals surface area contributed by atoms with E-state index in [0.29, 0.717) is 0 Å². The summed E-state index contributed by atoms with van der Waals surface area (Å²) in [5.41, 5.74) is 2.75. The lowest BCUT2D eigenvalue weighted by atomic mass is 9.88. The zero-order valence-electron chi connectivity index (χ0n) is 29.9. The van der Waals surface area contributed by atoms with Gasteiger partial charge in [0.2, 0.25) is 0 Å². The molecule has 0 rings (SSSR count). The molecule has 0 amide bonds. The Hall–Kier alpha value is -0.560. The average molecular weight is 575 g/mol. The first-order valence-corrected chi connectivity index (χ1v) is 18.4. The summed E-state index contributed by atoms with van der Waals surface area (Å²) < 4.78 is 0. The van der Waals surface area contributed by atoms with Gasteiger partial charge in [0.25, 0.3) is 0 Å². The highest BCUT2D eigenvalue weighted by Gasteiger charge is 2.12. The van der Waals surface area contributed by atoms with E-state index in [0.717, 1.165) is 48.3 Å². The van der Waals surface area contributed by atoms with Crippen LogP contribution in [0, 0.1) is 41.4 Å². The van der Waals surface area contributed by atoms with Gasteiger partial charge in [-0.2, -0.15) is 0 Å². The van der Waals surface area contributed by atoms with Crippen molar-refractivity contribution < 1.29 is 5.11 Å². The average Bonchev–Trinajstić information content (AvgIpc) is 2.88. The van der Waals surface area contributed by atoms with E-state index in [2.05, 4.69) is 75.0 Å². The highest BCUT2D eigenvalue weighted by molar-refractivity contribution is 5.06. The molecule has 0 aromatic heterocycles. The van der Waals surface area contributed by atoms with E-state index in [1.807, 2.05) is 0 Å². The molecule has 41 heavy (non-hydrogen) atoms. The first-order chi connectivity index (χ1) is 19.4. The molecule has 244 valence electrons. The van der Waals surface area contributed by atoms with Crippen LogP contribution >= 0.6 is 0 Å². The van der Waals surface area contributed by atoms with Gasteiger partial charge in [-0.05, 0) is 74.5 Å². The van der Waals surface area contributed by atoms with E-state index in [1.165, 1.54) is 120 Å². The van der Waals surface area contributed by atoms with E-state index in [-0.39, 0.29) is 12.5 Å². The van der Waals surface area contributed by atoms with Gasteiger partial charge in [0, 0.05) is 12.5 Å². The van der Waals surface area contributed by atoms with Crippen molar-refractivity contribution in [3.63, 3.8) is 0 Å². The van der Waals surface area contributed by atoms with E-state index < -0.39 is 0 Å². The van der Waals surface area contributed by atoms with Gasteiger partial charge in [0.1, 0.15) is 0 Å². The fourth-order valence-electron chi connectivity index (χ4n) is 6.38. The van der Waals surface area contributed by atoms with E-state index in [1.54, 1.807) is 0 Å². The minimum atomic E-state index is 0.231. The monoisotopic (exact) mass is 575 g/mol. The molecule has 0 aliphatic rings.